The number of ether oxygens (including phenoxy) is 1. The number of benzene rings is 2. The van der Waals surface area contributed by atoms with E-state index in [9.17, 15) is 14.4 Å². The van der Waals surface area contributed by atoms with Crippen LogP contribution >= 0.6 is 23.4 Å². The number of thioether (sulfide) groups is 1. The van der Waals surface area contributed by atoms with Crippen molar-refractivity contribution in [3.05, 3.63) is 69.7 Å². The minimum Gasteiger partial charge on any atom is -0.459 e. The summed E-state index contributed by atoms with van der Waals surface area (Å²) in [6, 6.07) is 13.6. The molecule has 178 valence electrons. The largest absolute Gasteiger partial charge is 0.459 e. The van der Waals surface area contributed by atoms with Crippen molar-refractivity contribution in [3.8, 4) is 0 Å². The van der Waals surface area contributed by atoms with Gasteiger partial charge in [0, 0.05) is 23.0 Å². The average Bonchev–Trinajstić information content (AvgIpc) is 2.97. The maximum Gasteiger partial charge on any atom is 0.338 e. The lowest BCUT2D eigenvalue weighted by Crippen LogP contribution is -2.35. The van der Waals surface area contributed by atoms with Crippen LogP contribution in [0.15, 0.2) is 64.0 Å². The lowest BCUT2D eigenvalue weighted by atomic mass is 10.2. The predicted octanol–water partition coefficient (Wildman–Crippen LogP) is 5.66. The van der Waals surface area contributed by atoms with E-state index in [1.807, 2.05) is 12.1 Å². The summed E-state index contributed by atoms with van der Waals surface area (Å²) >= 11 is 7.31. The molecule has 0 unspecified atom stereocenters. The first-order valence-electron chi connectivity index (χ1n) is 11.5. The summed E-state index contributed by atoms with van der Waals surface area (Å²) < 4.78 is 5.23. The summed E-state index contributed by atoms with van der Waals surface area (Å²) in [6.07, 6.45) is 3.96. The highest BCUT2D eigenvalue weighted by Crippen LogP contribution is 2.39. The smallest absolute Gasteiger partial charge is 0.338 e. The number of imide groups is 1. The fraction of sp³-hybridized carbons (Fsp3) is 0.346. The van der Waals surface area contributed by atoms with E-state index in [1.165, 1.54) is 16.7 Å². The lowest BCUT2D eigenvalue weighted by Gasteiger charge is -2.24. The second-order valence-corrected chi connectivity index (χ2v) is 10.1. The summed E-state index contributed by atoms with van der Waals surface area (Å²) in [5.41, 5.74) is 1.25. The first-order chi connectivity index (χ1) is 16.3. The molecule has 2 amide bonds. The van der Waals surface area contributed by atoms with Gasteiger partial charge in [0.25, 0.3) is 11.8 Å². The van der Waals surface area contributed by atoms with Crippen molar-refractivity contribution in [1.29, 1.82) is 0 Å². The van der Waals surface area contributed by atoms with Crippen LogP contribution in [0.1, 0.15) is 49.9 Å². The van der Waals surface area contributed by atoms with Crippen molar-refractivity contribution < 1.29 is 19.1 Å². The van der Waals surface area contributed by atoms with E-state index >= 15 is 0 Å². The Balaban J connectivity index is 1.66. The topological polar surface area (TPSA) is 66.9 Å². The number of nitrogens with zero attached hydrogens (tertiary/aromatic N) is 2. The first-order valence-corrected chi connectivity index (χ1v) is 12.7. The number of likely N-dealkylation sites (tertiary alicyclic amines) is 1. The summed E-state index contributed by atoms with van der Waals surface area (Å²) in [5.74, 6) is -1.13. The molecule has 8 heteroatoms. The maximum absolute atomic E-state index is 13.6. The molecule has 6 nitrogen and oxygen atoms in total. The predicted molar refractivity (Wildman–Crippen MR) is 134 cm³/mol. The second kappa shape index (κ2) is 10.7. The number of esters is 1. The van der Waals surface area contributed by atoms with Gasteiger partial charge in [0.2, 0.25) is 0 Å². The molecule has 1 saturated heterocycles. The van der Waals surface area contributed by atoms with Gasteiger partial charge >= 0.3 is 5.97 Å². The zero-order valence-electron chi connectivity index (χ0n) is 19.3. The van der Waals surface area contributed by atoms with Crippen LogP contribution in [0.25, 0.3) is 0 Å². The molecule has 2 aliphatic heterocycles. The molecule has 0 aromatic heterocycles. The molecule has 34 heavy (non-hydrogen) atoms. The van der Waals surface area contributed by atoms with Gasteiger partial charge < -0.3 is 9.64 Å². The van der Waals surface area contributed by atoms with Gasteiger partial charge in [0.05, 0.1) is 17.4 Å². The highest BCUT2D eigenvalue weighted by atomic mass is 35.5. The Kier molecular flexibility index (Phi) is 7.63. The van der Waals surface area contributed by atoms with E-state index in [2.05, 4.69) is 4.90 Å². The molecule has 4 rings (SSSR count). The number of carbonyl (C=O) groups excluding carboxylic acids is 3. The molecule has 0 atom stereocenters. The number of halogens is 1. The molecular formula is C26H27ClN2O4S. The Morgan fingerprint density at radius 3 is 2.12 bits per heavy atom. The van der Waals surface area contributed by atoms with Crippen molar-refractivity contribution in [2.24, 2.45) is 0 Å². The van der Waals surface area contributed by atoms with Crippen LogP contribution in [-0.2, 0) is 14.3 Å². The fourth-order valence-electron chi connectivity index (χ4n) is 4.05. The average molecular weight is 499 g/mol. The summed E-state index contributed by atoms with van der Waals surface area (Å²) in [4.78, 5) is 43.9. The molecule has 2 aromatic carbocycles. The number of rotatable bonds is 6. The first kappa shape index (κ1) is 24.4. The molecule has 0 spiro atoms. The second-order valence-electron chi connectivity index (χ2n) is 8.58. The zero-order chi connectivity index (χ0) is 24.2. The lowest BCUT2D eigenvalue weighted by molar-refractivity contribution is -0.121. The van der Waals surface area contributed by atoms with Crippen molar-refractivity contribution in [3.63, 3.8) is 0 Å². The van der Waals surface area contributed by atoms with Gasteiger partial charge in [-0.05, 0) is 75.2 Å². The molecule has 0 saturated carbocycles. The molecule has 0 radical (unpaired) electrons. The Morgan fingerprint density at radius 2 is 1.53 bits per heavy atom. The molecular weight excluding hydrogens is 472 g/mol. The van der Waals surface area contributed by atoms with Gasteiger partial charge in [0.1, 0.15) is 10.6 Å². The van der Waals surface area contributed by atoms with E-state index in [1.54, 1.807) is 50.2 Å². The van der Waals surface area contributed by atoms with Gasteiger partial charge in [-0.3, -0.25) is 9.59 Å². The standard InChI is InChI=1S/C26H27ClN2O4S/c1-17(2)33-26(32)18-7-11-20(12-8-18)29-24(30)22(28-15-5-3-4-6-16-28)23(25(29)31)34-21-13-9-19(27)10-14-21/h7-14,17H,3-6,15-16H2,1-2H3. The van der Waals surface area contributed by atoms with Crippen molar-refractivity contribution in [2.45, 2.75) is 50.5 Å². The number of amides is 2. The van der Waals surface area contributed by atoms with Gasteiger partial charge in [-0.2, -0.15) is 0 Å². The van der Waals surface area contributed by atoms with E-state index in [0.717, 1.165) is 43.7 Å². The maximum atomic E-state index is 13.6. The van der Waals surface area contributed by atoms with Crippen LogP contribution in [0.5, 0.6) is 0 Å². The SMILES string of the molecule is CC(C)OC(=O)c1ccc(N2C(=O)C(Sc3ccc(Cl)cc3)=C(N3CCCCCC3)C2=O)cc1. The molecule has 2 aromatic rings. The van der Waals surface area contributed by atoms with Crippen LogP contribution in [0.2, 0.25) is 5.02 Å². The van der Waals surface area contributed by atoms with E-state index in [-0.39, 0.29) is 17.9 Å². The molecule has 1 fully saturated rings. The quantitative estimate of drug-likeness (QED) is 0.378. The summed E-state index contributed by atoms with van der Waals surface area (Å²) in [5, 5.41) is 0.609. The minimum atomic E-state index is -0.442. The summed E-state index contributed by atoms with van der Waals surface area (Å²) in [6.45, 7) is 5.05. The van der Waals surface area contributed by atoms with Crippen LogP contribution in [-0.4, -0.2) is 41.9 Å². The zero-order valence-corrected chi connectivity index (χ0v) is 20.8. The highest BCUT2D eigenvalue weighted by molar-refractivity contribution is 8.04. The molecule has 2 heterocycles. The van der Waals surface area contributed by atoms with Crippen LogP contribution in [0.4, 0.5) is 5.69 Å². The molecule has 0 bridgehead atoms. The monoisotopic (exact) mass is 498 g/mol. The Labute approximate surface area is 208 Å². The van der Waals surface area contributed by atoms with Gasteiger partial charge in [-0.25, -0.2) is 9.69 Å². The third-order valence-corrected chi connectivity index (χ3v) is 7.01. The molecule has 0 aliphatic carbocycles. The Morgan fingerprint density at radius 1 is 0.912 bits per heavy atom. The number of carbonyl (C=O) groups is 3. The van der Waals surface area contributed by atoms with E-state index in [4.69, 9.17) is 16.3 Å². The minimum absolute atomic E-state index is 0.234. The van der Waals surface area contributed by atoms with Crippen LogP contribution < -0.4 is 4.90 Å². The van der Waals surface area contributed by atoms with E-state index < -0.39 is 5.97 Å². The Bertz CT molecular complexity index is 1100. The van der Waals surface area contributed by atoms with Crippen molar-refractivity contribution in [1.82, 2.24) is 4.90 Å². The van der Waals surface area contributed by atoms with Crippen LogP contribution in [0.3, 0.4) is 0 Å². The summed E-state index contributed by atoms with van der Waals surface area (Å²) in [7, 11) is 0. The third kappa shape index (κ3) is 5.31. The van der Waals surface area contributed by atoms with E-state index in [0.29, 0.717) is 26.9 Å². The third-order valence-electron chi connectivity index (χ3n) is 5.68. The van der Waals surface area contributed by atoms with Gasteiger partial charge in [-0.1, -0.05) is 36.2 Å². The number of hydrogen-bond donors (Lipinski definition) is 0. The Hall–Kier alpha value is -2.77. The van der Waals surface area contributed by atoms with Crippen molar-refractivity contribution >= 4 is 46.8 Å². The number of anilines is 1. The fourth-order valence-corrected chi connectivity index (χ4v) is 5.17. The van der Waals surface area contributed by atoms with Crippen LogP contribution in [0, 0.1) is 0 Å². The van der Waals surface area contributed by atoms with Gasteiger partial charge in [0.15, 0.2) is 0 Å². The normalized spacial score (nSPS) is 16.9. The van der Waals surface area contributed by atoms with Crippen molar-refractivity contribution in [2.75, 3.05) is 18.0 Å². The van der Waals surface area contributed by atoms with Gasteiger partial charge in [-0.15, -0.1) is 0 Å². The highest BCUT2D eigenvalue weighted by Gasteiger charge is 2.42. The number of hydrogen-bond acceptors (Lipinski definition) is 6. The molecule has 0 N–H and O–H groups in total. The molecule has 2 aliphatic rings.